The van der Waals surface area contributed by atoms with Gasteiger partial charge in [-0.15, -0.1) is 0 Å². The maximum Gasteiger partial charge on any atom is 1.00 e. The number of carbonyl (C=O) groups excluding carboxylic acids is 5. The molecule has 517 valence electrons. The van der Waals surface area contributed by atoms with Crippen LogP contribution in [0.4, 0.5) is 0 Å². The van der Waals surface area contributed by atoms with Crippen LogP contribution in [0.5, 0.6) is 0 Å². The number of nitrogens with zero attached hydrogens (tertiary/aromatic N) is 8. The van der Waals surface area contributed by atoms with E-state index in [-0.39, 0.29) is 105 Å². The Hall–Kier alpha value is -4.67. The first kappa shape index (κ1) is 80.8. The molecule has 0 aliphatic heterocycles. The van der Waals surface area contributed by atoms with E-state index in [1.165, 1.54) is 22.8 Å². The molecule has 4 fully saturated rings. The predicted octanol–water partition coefficient (Wildman–Crippen LogP) is 8.92. The summed E-state index contributed by atoms with van der Waals surface area (Å²) in [7, 11) is 0. The molecule has 93 heavy (non-hydrogen) atoms. The first-order valence-electron chi connectivity index (χ1n) is 34.3. The van der Waals surface area contributed by atoms with Crippen molar-refractivity contribution in [3.8, 4) is 0 Å². The third kappa shape index (κ3) is 21.7. The van der Waals surface area contributed by atoms with Gasteiger partial charge in [0.1, 0.15) is 5.78 Å². The van der Waals surface area contributed by atoms with Gasteiger partial charge in [-0.1, -0.05) is 22.3 Å². The third-order valence-corrected chi connectivity index (χ3v) is 20.0. The molecule has 0 bridgehead atoms. The van der Waals surface area contributed by atoms with Gasteiger partial charge < -0.3 is 37.1 Å². The number of rotatable bonds is 20. The molecule has 3 N–H and O–H groups in total. The number of hydrogen-bond acceptors (Lipinski definition) is 16. The molecule has 4 heterocycles. The summed E-state index contributed by atoms with van der Waals surface area (Å²) in [6.07, 6.45) is 31.9. The molecule has 3 radical (unpaired) electrons. The molecule has 4 aromatic heterocycles. The van der Waals surface area contributed by atoms with Crippen LogP contribution in [0.15, 0.2) is 0 Å². The largest absolute Gasteiger partial charge is 1.00 e. The van der Waals surface area contributed by atoms with Crippen LogP contribution in [-0.2, 0) is 101 Å². The molecule has 20 nitrogen and oxygen atoms in total. The van der Waals surface area contributed by atoms with Gasteiger partial charge in [-0.25, -0.2) is 19.2 Å². The second-order valence-corrected chi connectivity index (χ2v) is 25.9. The van der Waals surface area contributed by atoms with Crippen molar-refractivity contribution in [3.63, 3.8) is 0 Å². The van der Waals surface area contributed by atoms with Crippen LogP contribution in [0.1, 0.15) is 294 Å². The van der Waals surface area contributed by atoms with Crippen molar-refractivity contribution < 1.29 is 90.7 Å². The Balaban J connectivity index is 0.000000421. The summed E-state index contributed by atoms with van der Waals surface area (Å²) in [4.78, 5) is 59.4. The molecule has 12 rings (SSSR count). The second kappa shape index (κ2) is 40.1. The fraction of sp³-hybridized carbons (Fsp3) is 0.761. The van der Waals surface area contributed by atoms with E-state index in [2.05, 4.69) is 20.4 Å². The van der Waals surface area contributed by atoms with E-state index >= 15 is 0 Å². The van der Waals surface area contributed by atoms with E-state index in [4.69, 9.17) is 18.9 Å². The Kier molecular flexibility index (Phi) is 34.9. The van der Waals surface area contributed by atoms with Gasteiger partial charge in [-0.05, 0) is 244 Å². The van der Waals surface area contributed by atoms with Crippen molar-refractivity contribution in [2.75, 3.05) is 26.4 Å². The van der Waals surface area contributed by atoms with Crippen LogP contribution in [-0.4, -0.2) is 137 Å². The fourth-order valence-corrected chi connectivity index (χ4v) is 15.0. The Morgan fingerprint density at radius 3 is 0.817 bits per heavy atom. The molecular formula is C71H116BN8NaO12-. The minimum Gasteiger partial charge on any atom is -1.00 e. The summed E-state index contributed by atoms with van der Waals surface area (Å²) in [6, 6.07) is 0. The van der Waals surface area contributed by atoms with E-state index in [0.29, 0.717) is 78.7 Å². The number of aliphatic hydroxyl groups is 3. The van der Waals surface area contributed by atoms with Crippen LogP contribution < -0.4 is 29.6 Å². The van der Waals surface area contributed by atoms with Gasteiger partial charge in [0.2, 0.25) is 0 Å². The van der Waals surface area contributed by atoms with E-state index in [0.717, 1.165) is 254 Å². The third-order valence-electron chi connectivity index (χ3n) is 20.0. The van der Waals surface area contributed by atoms with Gasteiger partial charge in [-0.3, -0.25) is 23.5 Å². The molecular weight excluding hydrogens is 1190 g/mol. The Morgan fingerprint density at radius 1 is 0.387 bits per heavy atom. The van der Waals surface area contributed by atoms with Crippen LogP contribution in [0.3, 0.4) is 0 Å². The second-order valence-electron chi connectivity index (χ2n) is 25.9. The van der Waals surface area contributed by atoms with Gasteiger partial charge >= 0.3 is 53.4 Å². The molecule has 0 saturated heterocycles. The summed E-state index contributed by atoms with van der Waals surface area (Å²) in [5.41, 5.74) is 11.5. The number of ketones is 1. The van der Waals surface area contributed by atoms with Gasteiger partial charge in [-0.2, -0.15) is 20.4 Å². The first-order chi connectivity index (χ1) is 42.7. The zero-order valence-corrected chi connectivity index (χ0v) is 57.0. The Bertz CT molecular complexity index is 2740. The van der Waals surface area contributed by atoms with Gasteiger partial charge in [0.15, 0.2) is 22.8 Å². The molecule has 0 aromatic carbocycles. The van der Waals surface area contributed by atoms with Crippen LogP contribution >= 0.6 is 0 Å². The van der Waals surface area contributed by atoms with E-state index in [1.54, 1.807) is 0 Å². The molecule has 8 aliphatic carbocycles. The predicted molar refractivity (Wildman–Crippen MR) is 358 cm³/mol. The van der Waals surface area contributed by atoms with Crippen LogP contribution in [0.2, 0.25) is 0 Å². The van der Waals surface area contributed by atoms with E-state index < -0.39 is 0 Å². The standard InChI is InChI=1S/3C17H26N2O3.C17H24N2O3.3CH4.B.Na.2H/c4*1-2-22-17(21)16-14-4-3-5-15(14)19(18-16)11-10-12-6-8-13(20)9-7-12;;;;;;;/h3*12-13,20H,2-11H2,1H3;12H,2-11H2,1H3;3*1H4;;;;/q;;;;;;;;+1;2*-1/i;;;;;;;;;1+1;. The summed E-state index contributed by atoms with van der Waals surface area (Å²) < 4.78 is 28.7. The minimum absolute atomic E-state index is 0. The number of esters is 4. The summed E-state index contributed by atoms with van der Waals surface area (Å²) in [6.45, 7) is 12.3. The number of carbonyl (C=O) groups is 5. The van der Waals surface area contributed by atoms with Crippen molar-refractivity contribution in [1.29, 1.82) is 0 Å². The van der Waals surface area contributed by atoms with E-state index in [1.807, 2.05) is 46.4 Å². The van der Waals surface area contributed by atoms with Gasteiger partial charge in [0.05, 0.1) is 44.7 Å². The molecule has 4 aromatic rings. The normalized spacial score (nSPS) is 21.6. The average molecular weight is 1310 g/mol. The number of fused-ring (bicyclic) bond motifs is 4. The smallest absolute Gasteiger partial charge is 1.00 e. The fourth-order valence-electron chi connectivity index (χ4n) is 15.0. The molecule has 0 amide bonds. The van der Waals surface area contributed by atoms with Crippen molar-refractivity contribution in [2.24, 2.45) is 23.7 Å². The molecule has 8 aliphatic rings. The van der Waals surface area contributed by atoms with Gasteiger partial charge in [0.25, 0.3) is 0 Å². The SMILES string of the molecule is C.C.C.CCOC(=O)c1nn(CCC2CCC(=O)CC2)c2c1CCC2.CCOC(=O)c1nn(CCC2CCC(O)CC2)c2c1CCC2.CCOC(=O)c1nn(CCC2CCC(O)CC2)c2c1CCC2.CCOC(=O)c1nn(CCC2CCC(O)CC2)c2c1CCC2.[2H-].[B].[H-].[Na+]. The zero-order valence-electron chi connectivity index (χ0n) is 57.0. The molecule has 0 unspecified atom stereocenters. The summed E-state index contributed by atoms with van der Waals surface area (Å²) in [5.74, 6) is 1.93. The van der Waals surface area contributed by atoms with Crippen molar-refractivity contribution in [1.82, 2.24) is 39.1 Å². The number of hydrogen-bond donors (Lipinski definition) is 3. The number of aryl methyl sites for hydroxylation is 4. The number of ether oxygens (including phenoxy) is 4. The maximum absolute atomic E-state index is 12.0. The van der Waals surface area contributed by atoms with Crippen LogP contribution in [0.25, 0.3) is 0 Å². The van der Waals surface area contributed by atoms with Crippen molar-refractivity contribution >= 4 is 38.1 Å². The Morgan fingerprint density at radius 2 is 0.602 bits per heavy atom. The molecule has 0 spiro atoms. The van der Waals surface area contributed by atoms with E-state index in [9.17, 15) is 39.3 Å². The van der Waals surface area contributed by atoms with Crippen molar-refractivity contribution in [2.45, 2.75) is 300 Å². The first-order valence-corrected chi connectivity index (χ1v) is 34.3. The zero-order chi connectivity index (χ0) is 62.1. The monoisotopic (exact) mass is 1310 g/mol. The Labute approximate surface area is 582 Å². The summed E-state index contributed by atoms with van der Waals surface area (Å²) >= 11 is 0. The van der Waals surface area contributed by atoms with Crippen LogP contribution in [0, 0.1) is 23.7 Å². The number of aromatic nitrogens is 8. The number of Topliss-reactive ketones (excluding diaryl/α,β-unsaturated/α-hetero) is 1. The quantitative estimate of drug-likeness (QED) is 0.0424. The maximum atomic E-state index is 12.0. The summed E-state index contributed by atoms with van der Waals surface area (Å²) in [5, 5.41) is 46.9. The molecule has 4 saturated carbocycles. The molecule has 22 heteroatoms. The van der Waals surface area contributed by atoms with Gasteiger partial charge in [0, 0.05) is 92.5 Å². The van der Waals surface area contributed by atoms with Crippen molar-refractivity contribution in [3.05, 3.63) is 67.8 Å². The topological polar surface area (TPSA) is 254 Å². The average Bonchev–Trinajstić information content (AvgIpc) is 1.67. The molecule has 0 atom stereocenters. The number of aliphatic hydroxyl groups excluding tert-OH is 3. The minimum atomic E-state index is -0.289.